The molecule has 5 heteroatoms. The minimum atomic E-state index is -0.458. The van der Waals surface area contributed by atoms with Crippen molar-refractivity contribution in [3.63, 3.8) is 0 Å². The van der Waals surface area contributed by atoms with Crippen molar-refractivity contribution < 1.29 is 14.3 Å². The van der Waals surface area contributed by atoms with Crippen LogP contribution in [0, 0.1) is 11.3 Å². The van der Waals surface area contributed by atoms with Gasteiger partial charge in [0.25, 0.3) is 0 Å². The van der Waals surface area contributed by atoms with E-state index in [2.05, 4.69) is 5.32 Å². The first-order valence-corrected chi connectivity index (χ1v) is 5.37. The van der Waals surface area contributed by atoms with Crippen molar-refractivity contribution in [3.8, 4) is 6.07 Å². The fourth-order valence-electron chi connectivity index (χ4n) is 0.952. The SMILES string of the molecule is CC(C)(C)OC(=O)NCCCCOCC#N. The molecule has 0 atom stereocenters. The van der Waals surface area contributed by atoms with Crippen LogP contribution in [0.3, 0.4) is 0 Å². The Balaban J connectivity index is 3.32. The summed E-state index contributed by atoms with van der Waals surface area (Å²) < 4.78 is 10.0. The summed E-state index contributed by atoms with van der Waals surface area (Å²) in [4.78, 5) is 11.2. The number of unbranched alkanes of at least 4 members (excludes halogenated alkanes) is 1. The molecule has 1 N–H and O–H groups in total. The van der Waals surface area contributed by atoms with Crippen LogP contribution in [0.5, 0.6) is 0 Å². The van der Waals surface area contributed by atoms with Crippen LogP contribution >= 0.6 is 0 Å². The van der Waals surface area contributed by atoms with Crippen molar-refractivity contribution in [2.75, 3.05) is 19.8 Å². The number of carbonyl (C=O) groups is 1. The van der Waals surface area contributed by atoms with Gasteiger partial charge in [-0.3, -0.25) is 0 Å². The molecule has 1 amide bonds. The Kier molecular flexibility index (Phi) is 7.31. The Morgan fingerprint density at radius 3 is 2.62 bits per heavy atom. The number of alkyl carbamates (subject to hydrolysis) is 1. The van der Waals surface area contributed by atoms with E-state index < -0.39 is 11.7 Å². The van der Waals surface area contributed by atoms with Crippen LogP contribution in [-0.2, 0) is 9.47 Å². The normalized spacial score (nSPS) is 10.6. The molecule has 0 aromatic carbocycles. The van der Waals surface area contributed by atoms with Crippen molar-refractivity contribution >= 4 is 6.09 Å². The van der Waals surface area contributed by atoms with Crippen LogP contribution in [0.25, 0.3) is 0 Å². The molecule has 0 spiro atoms. The van der Waals surface area contributed by atoms with Crippen LogP contribution in [0.2, 0.25) is 0 Å². The van der Waals surface area contributed by atoms with Gasteiger partial charge in [-0.05, 0) is 33.6 Å². The van der Waals surface area contributed by atoms with Crippen LogP contribution in [0.4, 0.5) is 4.79 Å². The Labute approximate surface area is 96.7 Å². The minimum absolute atomic E-state index is 0.124. The average Bonchev–Trinajstić information content (AvgIpc) is 2.13. The third kappa shape index (κ3) is 10.8. The third-order valence-electron chi connectivity index (χ3n) is 1.55. The number of nitrogens with one attached hydrogen (secondary N) is 1. The molecule has 0 unspecified atom stereocenters. The lowest BCUT2D eigenvalue weighted by Crippen LogP contribution is -2.33. The van der Waals surface area contributed by atoms with Crippen molar-refractivity contribution in [1.29, 1.82) is 5.26 Å². The fraction of sp³-hybridized carbons (Fsp3) is 0.818. The highest BCUT2D eigenvalue weighted by Crippen LogP contribution is 2.06. The predicted octanol–water partition coefficient (Wildman–Crippen LogP) is 1.83. The number of amides is 1. The Bertz CT molecular complexity index is 241. The van der Waals surface area contributed by atoms with Crippen LogP contribution in [-0.4, -0.2) is 31.5 Å². The van der Waals surface area contributed by atoms with E-state index in [-0.39, 0.29) is 6.61 Å². The summed E-state index contributed by atoms with van der Waals surface area (Å²) >= 11 is 0. The van der Waals surface area contributed by atoms with E-state index >= 15 is 0 Å². The van der Waals surface area contributed by atoms with Gasteiger partial charge in [0.2, 0.25) is 0 Å². The van der Waals surface area contributed by atoms with Gasteiger partial charge >= 0.3 is 6.09 Å². The van der Waals surface area contributed by atoms with Crippen LogP contribution in [0.1, 0.15) is 33.6 Å². The summed E-state index contributed by atoms with van der Waals surface area (Å²) in [5.74, 6) is 0. The maximum atomic E-state index is 11.2. The minimum Gasteiger partial charge on any atom is -0.444 e. The van der Waals surface area contributed by atoms with E-state index in [9.17, 15) is 4.79 Å². The smallest absolute Gasteiger partial charge is 0.407 e. The second-order valence-corrected chi connectivity index (χ2v) is 4.35. The first kappa shape index (κ1) is 14.7. The number of nitriles is 1. The summed E-state index contributed by atoms with van der Waals surface area (Å²) in [5, 5.41) is 10.8. The Morgan fingerprint density at radius 2 is 2.06 bits per heavy atom. The van der Waals surface area contributed by atoms with Gasteiger partial charge in [-0.1, -0.05) is 0 Å². The molecule has 0 aliphatic carbocycles. The van der Waals surface area contributed by atoms with Crippen LogP contribution < -0.4 is 5.32 Å². The number of hydrogen-bond acceptors (Lipinski definition) is 4. The van der Waals surface area contributed by atoms with E-state index in [1.807, 2.05) is 26.8 Å². The summed E-state index contributed by atoms with van der Waals surface area (Å²) in [6, 6.07) is 1.89. The van der Waals surface area contributed by atoms with Gasteiger partial charge in [0, 0.05) is 13.2 Å². The molecule has 0 heterocycles. The molecule has 0 aliphatic heterocycles. The van der Waals surface area contributed by atoms with Gasteiger partial charge in [-0.25, -0.2) is 4.79 Å². The Hall–Kier alpha value is -1.28. The number of rotatable bonds is 6. The summed E-state index contributed by atoms with van der Waals surface area (Å²) in [7, 11) is 0. The zero-order valence-electron chi connectivity index (χ0n) is 10.2. The van der Waals surface area contributed by atoms with Crippen molar-refractivity contribution in [3.05, 3.63) is 0 Å². The maximum Gasteiger partial charge on any atom is 0.407 e. The highest BCUT2D eigenvalue weighted by Gasteiger charge is 2.15. The molecule has 0 fully saturated rings. The zero-order valence-corrected chi connectivity index (χ0v) is 10.2. The molecule has 16 heavy (non-hydrogen) atoms. The molecule has 0 saturated heterocycles. The van der Waals surface area contributed by atoms with Gasteiger partial charge in [-0.2, -0.15) is 5.26 Å². The van der Waals surface area contributed by atoms with E-state index in [1.54, 1.807) is 0 Å². The summed E-state index contributed by atoms with van der Waals surface area (Å²) in [6.07, 6.45) is 1.23. The highest BCUT2D eigenvalue weighted by molar-refractivity contribution is 5.67. The number of carbonyl (C=O) groups excluding carboxylic acids is 1. The van der Waals surface area contributed by atoms with Gasteiger partial charge in [-0.15, -0.1) is 0 Å². The van der Waals surface area contributed by atoms with E-state index in [4.69, 9.17) is 14.7 Å². The van der Waals surface area contributed by atoms with E-state index in [0.717, 1.165) is 12.8 Å². The quantitative estimate of drug-likeness (QED) is 0.704. The second kappa shape index (κ2) is 7.94. The number of ether oxygens (including phenoxy) is 2. The first-order valence-electron chi connectivity index (χ1n) is 5.37. The molecular formula is C11H20N2O3. The lowest BCUT2D eigenvalue weighted by Gasteiger charge is -2.19. The zero-order chi connectivity index (χ0) is 12.4. The molecule has 0 rings (SSSR count). The topological polar surface area (TPSA) is 71.3 Å². The van der Waals surface area contributed by atoms with Crippen molar-refractivity contribution in [2.45, 2.75) is 39.2 Å². The summed E-state index contributed by atoms with van der Waals surface area (Å²) in [6.45, 7) is 6.70. The van der Waals surface area contributed by atoms with Gasteiger partial charge in [0.15, 0.2) is 0 Å². The fourth-order valence-corrected chi connectivity index (χ4v) is 0.952. The molecule has 0 aromatic heterocycles. The monoisotopic (exact) mass is 228 g/mol. The van der Waals surface area contributed by atoms with Gasteiger partial charge in [0.05, 0.1) is 6.07 Å². The lowest BCUT2D eigenvalue weighted by molar-refractivity contribution is 0.0525. The van der Waals surface area contributed by atoms with E-state index in [0.29, 0.717) is 13.2 Å². The molecule has 0 saturated carbocycles. The predicted molar refractivity (Wildman–Crippen MR) is 59.9 cm³/mol. The highest BCUT2D eigenvalue weighted by atomic mass is 16.6. The second-order valence-electron chi connectivity index (χ2n) is 4.35. The standard InChI is InChI=1S/C11H20N2O3/c1-11(2,3)16-10(14)13-7-4-5-8-15-9-6-12/h4-5,7-9H2,1-3H3,(H,13,14). The van der Waals surface area contributed by atoms with E-state index in [1.165, 1.54) is 0 Å². The Morgan fingerprint density at radius 1 is 1.38 bits per heavy atom. The largest absolute Gasteiger partial charge is 0.444 e. The molecule has 92 valence electrons. The van der Waals surface area contributed by atoms with Crippen molar-refractivity contribution in [2.24, 2.45) is 0 Å². The number of hydrogen-bond donors (Lipinski definition) is 1. The lowest BCUT2D eigenvalue weighted by atomic mass is 10.2. The molecule has 0 aliphatic rings. The first-order chi connectivity index (χ1) is 7.45. The maximum absolute atomic E-state index is 11.2. The third-order valence-corrected chi connectivity index (χ3v) is 1.55. The van der Waals surface area contributed by atoms with Crippen molar-refractivity contribution in [1.82, 2.24) is 5.32 Å². The number of nitrogens with zero attached hydrogens (tertiary/aromatic N) is 1. The average molecular weight is 228 g/mol. The molecular weight excluding hydrogens is 208 g/mol. The van der Waals surface area contributed by atoms with Gasteiger partial charge < -0.3 is 14.8 Å². The molecule has 0 aromatic rings. The van der Waals surface area contributed by atoms with Crippen LogP contribution in [0.15, 0.2) is 0 Å². The molecule has 0 radical (unpaired) electrons. The molecule has 0 bridgehead atoms. The molecule has 5 nitrogen and oxygen atoms in total. The summed E-state index contributed by atoms with van der Waals surface area (Å²) in [5.41, 5.74) is -0.458. The van der Waals surface area contributed by atoms with Gasteiger partial charge in [0.1, 0.15) is 12.2 Å².